The molecule has 1 aromatic heterocycles. The Balaban J connectivity index is 1.81. The van der Waals surface area contributed by atoms with Crippen molar-refractivity contribution in [3.63, 3.8) is 0 Å². The van der Waals surface area contributed by atoms with Crippen LogP contribution in [0.1, 0.15) is 53.5 Å². The van der Waals surface area contributed by atoms with Crippen LogP contribution in [0.2, 0.25) is 0 Å². The molecule has 5 rings (SSSR count). The molecule has 0 saturated carbocycles. The van der Waals surface area contributed by atoms with Crippen LogP contribution in [-0.2, 0) is 0 Å². The van der Waals surface area contributed by atoms with Crippen LogP contribution in [0.25, 0.3) is 50.6 Å². The predicted molar refractivity (Wildman–Crippen MR) is 260 cm³/mol. The van der Waals surface area contributed by atoms with Crippen LogP contribution in [0, 0.1) is 0 Å². The lowest BCUT2D eigenvalue weighted by atomic mass is 9.93. The summed E-state index contributed by atoms with van der Waals surface area (Å²) in [6, 6.07) is 29.3. The normalized spacial score (nSPS) is 13.1. The van der Waals surface area contributed by atoms with E-state index in [1.807, 2.05) is 105 Å². The third-order valence-electron chi connectivity index (χ3n) is 9.21. The van der Waals surface area contributed by atoms with Gasteiger partial charge in [-0.15, -0.1) is 24.0 Å². The summed E-state index contributed by atoms with van der Waals surface area (Å²) in [6.07, 6.45) is 27.8. The lowest BCUT2D eigenvalue weighted by molar-refractivity contribution is 1.36. The number of thiol groups is 1. The Bertz CT molecular complexity index is 2590. The molecule has 0 aliphatic heterocycles. The van der Waals surface area contributed by atoms with Gasteiger partial charge in [-0.2, -0.15) is 0 Å². The molecule has 0 aliphatic rings. The number of thiophene rings is 1. The van der Waals surface area contributed by atoms with E-state index in [0.717, 1.165) is 66.2 Å². The van der Waals surface area contributed by atoms with E-state index in [1.54, 1.807) is 23.5 Å². The van der Waals surface area contributed by atoms with Gasteiger partial charge < -0.3 is 0 Å². The Morgan fingerprint density at radius 3 is 2.30 bits per heavy atom. The molecule has 0 unspecified atom stereocenters. The number of hydrogen-bond acceptors (Lipinski definition) is 4. The van der Waals surface area contributed by atoms with E-state index >= 15 is 0 Å². The van der Waals surface area contributed by atoms with Gasteiger partial charge in [0.25, 0.3) is 0 Å². The highest BCUT2D eigenvalue weighted by molar-refractivity contribution is 7.80. The topological polar surface area (TPSA) is 24.7 Å². The molecular formula is C53H48N2S2. The zero-order valence-electron chi connectivity index (χ0n) is 33.0. The number of hydrogen-bond donors (Lipinski definition) is 1. The van der Waals surface area contributed by atoms with E-state index in [2.05, 4.69) is 124 Å². The summed E-state index contributed by atoms with van der Waals surface area (Å²) in [6.45, 7) is 26.5. The molecule has 0 amide bonds. The summed E-state index contributed by atoms with van der Waals surface area (Å²) in [7, 11) is 0. The summed E-state index contributed by atoms with van der Waals surface area (Å²) in [5.41, 5.74) is 12.1. The van der Waals surface area contributed by atoms with Crippen molar-refractivity contribution in [1.29, 1.82) is 0 Å². The van der Waals surface area contributed by atoms with Gasteiger partial charge in [-0.05, 0) is 115 Å². The van der Waals surface area contributed by atoms with E-state index < -0.39 is 0 Å². The molecule has 1 heterocycles. The first-order valence-corrected chi connectivity index (χ1v) is 19.9. The summed E-state index contributed by atoms with van der Waals surface area (Å²) in [5.74, 6) is 0. The van der Waals surface area contributed by atoms with Gasteiger partial charge in [-0.3, -0.25) is 4.99 Å². The number of benzene rings is 4. The smallest absolute Gasteiger partial charge is 0.0731 e. The van der Waals surface area contributed by atoms with E-state index in [1.165, 1.54) is 15.0 Å². The van der Waals surface area contributed by atoms with Crippen LogP contribution in [-0.4, -0.2) is 12.4 Å². The van der Waals surface area contributed by atoms with Gasteiger partial charge in [0.1, 0.15) is 0 Å². The molecule has 0 radical (unpaired) electrons. The molecule has 5 aromatic rings. The second kappa shape index (κ2) is 20.5. The first-order chi connectivity index (χ1) is 27.8. The quantitative estimate of drug-likeness (QED) is 0.0586. The van der Waals surface area contributed by atoms with Gasteiger partial charge in [0.2, 0.25) is 0 Å². The maximum absolute atomic E-state index is 5.37. The molecule has 57 heavy (non-hydrogen) atoms. The standard InChI is InChI=1S/C53H48N2S2/c1-9-14-15-26-40-27-16-18-31-48(40)55-50(36-49(54-8)39(12-4)22-10-2)43-34-41(37(6)24-20-25-38(7)45-28-17-19-32-51(45)56)33-42(35-43)46-29-21-30-47-44(13-5)52(23-11-3)57-53(46)47/h9-36,56H,2,4-5,7-8H2,1,3,6H3/b14-9+,23-11-,25-20-,26-15-,37-24+,39-22+,49-36-,55-50?. The zero-order valence-corrected chi connectivity index (χ0v) is 34.7. The number of allylic oxidation sites excluding steroid dienone is 13. The minimum Gasteiger partial charge on any atom is -0.264 e. The van der Waals surface area contributed by atoms with Crippen LogP contribution in [0.4, 0.5) is 5.69 Å². The van der Waals surface area contributed by atoms with Crippen LogP contribution in [0.15, 0.2) is 204 Å². The number of para-hydroxylation sites is 1. The fourth-order valence-corrected chi connectivity index (χ4v) is 7.93. The van der Waals surface area contributed by atoms with Gasteiger partial charge in [-0.25, -0.2) is 4.99 Å². The van der Waals surface area contributed by atoms with E-state index in [-0.39, 0.29) is 0 Å². The number of rotatable bonds is 16. The lowest BCUT2D eigenvalue weighted by Crippen LogP contribution is -2.02. The molecule has 4 heteroatoms. The Morgan fingerprint density at radius 1 is 0.807 bits per heavy atom. The molecule has 4 aromatic carbocycles. The zero-order chi connectivity index (χ0) is 40.7. The van der Waals surface area contributed by atoms with E-state index in [0.29, 0.717) is 11.4 Å². The average molecular weight is 777 g/mol. The maximum atomic E-state index is 5.37. The summed E-state index contributed by atoms with van der Waals surface area (Å²) in [4.78, 5) is 11.9. The van der Waals surface area contributed by atoms with Crippen LogP contribution < -0.4 is 0 Å². The van der Waals surface area contributed by atoms with Gasteiger partial charge >= 0.3 is 0 Å². The van der Waals surface area contributed by atoms with Crippen molar-refractivity contribution in [2.24, 2.45) is 9.98 Å². The van der Waals surface area contributed by atoms with E-state index in [4.69, 9.17) is 4.99 Å². The van der Waals surface area contributed by atoms with Crippen molar-refractivity contribution in [2.45, 2.75) is 25.7 Å². The highest BCUT2D eigenvalue weighted by atomic mass is 32.1. The van der Waals surface area contributed by atoms with Gasteiger partial charge in [0.05, 0.1) is 17.1 Å². The average Bonchev–Trinajstić information content (AvgIpc) is 3.59. The summed E-state index contributed by atoms with van der Waals surface area (Å²) >= 11 is 6.42. The second-order valence-electron chi connectivity index (χ2n) is 13.0. The van der Waals surface area contributed by atoms with Crippen LogP contribution in [0.3, 0.4) is 0 Å². The SMILES string of the molecule is C=C/C=C(C=C)/C(=C/C(=Nc1ccccc1/C=C\C=C\C)c1cc(/C(C)=C/C=C\C(=C)c2ccccc2S)cc(-c2cccc3c(C=C)c(/C=C\C)sc23)c1)N=C. The molecule has 0 N–H and O–H groups in total. The Hall–Kier alpha value is -6.33. The first kappa shape index (κ1) is 41.8. The molecular weight excluding hydrogens is 729 g/mol. The molecule has 0 spiro atoms. The van der Waals surface area contributed by atoms with Crippen molar-refractivity contribution < 1.29 is 0 Å². The maximum Gasteiger partial charge on any atom is 0.0731 e. The fraction of sp³-hybridized carbons (Fsp3) is 0.0566. The van der Waals surface area contributed by atoms with Crippen molar-refractivity contribution in [1.82, 2.24) is 0 Å². The Kier molecular flexibility index (Phi) is 15.1. The number of nitrogens with zero attached hydrogens (tertiary/aromatic N) is 2. The third-order valence-corrected chi connectivity index (χ3v) is 10.8. The van der Waals surface area contributed by atoms with Gasteiger partial charge in [0.15, 0.2) is 0 Å². The molecule has 0 bridgehead atoms. The van der Waals surface area contributed by atoms with E-state index in [9.17, 15) is 0 Å². The highest BCUT2D eigenvalue weighted by Crippen LogP contribution is 2.41. The lowest BCUT2D eigenvalue weighted by Gasteiger charge is -2.14. The number of fused-ring (bicyclic) bond motifs is 1. The highest BCUT2D eigenvalue weighted by Gasteiger charge is 2.16. The van der Waals surface area contributed by atoms with Crippen molar-refractivity contribution in [3.05, 3.63) is 222 Å². The minimum atomic E-state index is 0.628. The molecule has 2 nitrogen and oxygen atoms in total. The first-order valence-electron chi connectivity index (χ1n) is 18.7. The Morgan fingerprint density at radius 2 is 1.58 bits per heavy atom. The van der Waals surface area contributed by atoms with Crippen LogP contribution in [0.5, 0.6) is 0 Å². The largest absolute Gasteiger partial charge is 0.264 e. The summed E-state index contributed by atoms with van der Waals surface area (Å²) in [5, 5.41) is 1.17. The van der Waals surface area contributed by atoms with Crippen molar-refractivity contribution >= 4 is 81.5 Å². The molecule has 0 aliphatic carbocycles. The van der Waals surface area contributed by atoms with Gasteiger partial charge in [0, 0.05) is 31.0 Å². The molecule has 0 atom stereocenters. The summed E-state index contributed by atoms with van der Waals surface area (Å²) < 4.78 is 1.19. The van der Waals surface area contributed by atoms with Crippen molar-refractivity contribution in [3.8, 4) is 11.1 Å². The van der Waals surface area contributed by atoms with Crippen LogP contribution >= 0.6 is 24.0 Å². The molecule has 0 saturated heterocycles. The minimum absolute atomic E-state index is 0.628. The molecule has 282 valence electrons. The monoisotopic (exact) mass is 776 g/mol. The Labute approximate surface area is 348 Å². The number of aliphatic imine (C=N–C) groups is 2. The van der Waals surface area contributed by atoms with Gasteiger partial charge in [-0.1, -0.05) is 154 Å². The second-order valence-corrected chi connectivity index (χ2v) is 14.5. The predicted octanol–water partition coefficient (Wildman–Crippen LogP) is 15.8. The van der Waals surface area contributed by atoms with Crippen molar-refractivity contribution in [2.75, 3.05) is 0 Å². The fourth-order valence-electron chi connectivity index (χ4n) is 6.31. The molecule has 0 fully saturated rings. The third kappa shape index (κ3) is 10.3.